The fraction of sp³-hybridized carbons (Fsp3) is 0.846. The summed E-state index contributed by atoms with van der Waals surface area (Å²) in [6.07, 6.45) is 0.293. The van der Waals surface area contributed by atoms with Crippen molar-refractivity contribution in [1.82, 2.24) is 4.90 Å². The molecule has 2 heterocycles. The molecule has 108 valence electrons. The minimum atomic E-state index is -1.05. The van der Waals surface area contributed by atoms with Gasteiger partial charge in [0.1, 0.15) is 11.5 Å². The van der Waals surface area contributed by atoms with Gasteiger partial charge in [-0.05, 0) is 40.0 Å². The molecule has 2 rings (SSSR count). The van der Waals surface area contributed by atoms with Gasteiger partial charge in [-0.25, -0.2) is 4.79 Å². The highest BCUT2D eigenvalue weighted by atomic mass is 16.6. The molecule has 0 radical (unpaired) electrons. The van der Waals surface area contributed by atoms with Crippen LogP contribution in [-0.2, 0) is 9.53 Å². The summed E-state index contributed by atoms with van der Waals surface area (Å²) in [6.45, 7) is 5.33. The Morgan fingerprint density at radius 2 is 1.89 bits per heavy atom. The van der Waals surface area contributed by atoms with Crippen molar-refractivity contribution in [2.24, 2.45) is 5.92 Å². The average molecular weight is 271 g/mol. The molecule has 2 aliphatic heterocycles. The van der Waals surface area contributed by atoms with Gasteiger partial charge in [-0.1, -0.05) is 0 Å². The molecule has 2 fully saturated rings. The second-order valence-corrected chi connectivity index (χ2v) is 6.35. The molecule has 6 heteroatoms. The molecule has 2 aliphatic rings. The van der Waals surface area contributed by atoms with Gasteiger partial charge in [-0.2, -0.15) is 0 Å². The molecule has 4 atom stereocenters. The zero-order chi connectivity index (χ0) is 14.4. The number of ether oxygens (including phenoxy) is 1. The zero-order valence-corrected chi connectivity index (χ0v) is 11.5. The Morgan fingerprint density at radius 3 is 2.42 bits per heavy atom. The van der Waals surface area contributed by atoms with E-state index >= 15 is 0 Å². The van der Waals surface area contributed by atoms with E-state index in [9.17, 15) is 19.8 Å². The summed E-state index contributed by atoms with van der Waals surface area (Å²) < 4.78 is 5.33. The first-order valence-corrected chi connectivity index (χ1v) is 6.63. The lowest BCUT2D eigenvalue weighted by Gasteiger charge is -2.41. The number of hydrogen-bond acceptors (Lipinski definition) is 4. The number of hydrogen-bond donors (Lipinski definition) is 2. The number of amides is 1. The molecule has 0 spiro atoms. The van der Waals surface area contributed by atoms with Gasteiger partial charge in [0.15, 0.2) is 0 Å². The second-order valence-electron chi connectivity index (χ2n) is 6.35. The van der Waals surface area contributed by atoms with E-state index in [0.717, 1.165) is 6.42 Å². The third kappa shape index (κ3) is 2.68. The maximum absolute atomic E-state index is 12.2. The first-order valence-electron chi connectivity index (χ1n) is 6.63. The molecule has 0 aromatic carbocycles. The molecule has 0 aliphatic carbocycles. The summed E-state index contributed by atoms with van der Waals surface area (Å²) >= 11 is 0. The highest BCUT2D eigenvalue weighted by Crippen LogP contribution is 2.40. The first-order chi connectivity index (χ1) is 8.70. The molecule has 19 heavy (non-hydrogen) atoms. The van der Waals surface area contributed by atoms with Gasteiger partial charge in [0, 0.05) is 6.04 Å². The van der Waals surface area contributed by atoms with Crippen LogP contribution in [0.25, 0.3) is 0 Å². The summed E-state index contributed by atoms with van der Waals surface area (Å²) in [5, 5.41) is 19.1. The summed E-state index contributed by atoms with van der Waals surface area (Å²) in [7, 11) is 0. The predicted molar refractivity (Wildman–Crippen MR) is 66.6 cm³/mol. The van der Waals surface area contributed by atoms with Crippen molar-refractivity contribution in [3.63, 3.8) is 0 Å². The number of aliphatic hydroxyl groups excluding tert-OH is 1. The van der Waals surface area contributed by atoms with Crippen LogP contribution in [-0.4, -0.2) is 51.0 Å². The van der Waals surface area contributed by atoms with Crippen molar-refractivity contribution in [3.05, 3.63) is 0 Å². The number of carboxylic acids is 1. The van der Waals surface area contributed by atoms with E-state index in [1.165, 1.54) is 4.90 Å². The predicted octanol–water partition coefficient (Wildman–Crippen LogP) is 1.22. The Kier molecular flexibility index (Phi) is 3.47. The summed E-state index contributed by atoms with van der Waals surface area (Å²) in [4.78, 5) is 25.0. The van der Waals surface area contributed by atoms with Crippen molar-refractivity contribution in [2.45, 2.75) is 63.8 Å². The highest BCUT2D eigenvalue weighted by molar-refractivity contribution is 5.75. The van der Waals surface area contributed by atoms with Crippen LogP contribution in [0.4, 0.5) is 4.79 Å². The van der Waals surface area contributed by atoms with Gasteiger partial charge in [-0.15, -0.1) is 0 Å². The summed E-state index contributed by atoms with van der Waals surface area (Å²) in [5.41, 5.74) is -0.606. The Morgan fingerprint density at radius 1 is 1.26 bits per heavy atom. The van der Waals surface area contributed by atoms with Crippen LogP contribution in [0.1, 0.15) is 40.0 Å². The molecule has 2 saturated heterocycles. The quantitative estimate of drug-likeness (QED) is 0.748. The lowest BCUT2D eigenvalue weighted by atomic mass is 9.88. The van der Waals surface area contributed by atoms with Crippen molar-refractivity contribution in [3.8, 4) is 0 Å². The van der Waals surface area contributed by atoms with Crippen LogP contribution in [0, 0.1) is 5.92 Å². The third-order valence-electron chi connectivity index (χ3n) is 3.78. The first kappa shape index (κ1) is 14.1. The lowest BCUT2D eigenvalue weighted by Crippen LogP contribution is -2.56. The SMILES string of the molecule is CC(C)(C)OC(=O)N1[C@H]2CC[C@@H]1[C@H](C(=O)O)[C@H](O)C2. The van der Waals surface area contributed by atoms with Crippen LogP contribution < -0.4 is 0 Å². The molecule has 1 amide bonds. The smallest absolute Gasteiger partial charge is 0.410 e. The van der Waals surface area contributed by atoms with Crippen LogP contribution in [0.5, 0.6) is 0 Å². The van der Waals surface area contributed by atoms with Gasteiger partial charge in [0.05, 0.1) is 12.1 Å². The fourth-order valence-corrected chi connectivity index (χ4v) is 3.11. The lowest BCUT2D eigenvalue weighted by molar-refractivity contribution is -0.151. The molecule has 0 aromatic rings. The van der Waals surface area contributed by atoms with E-state index in [-0.39, 0.29) is 6.04 Å². The minimum Gasteiger partial charge on any atom is -0.481 e. The topological polar surface area (TPSA) is 87.1 Å². The highest BCUT2D eigenvalue weighted by Gasteiger charge is 2.52. The molecular formula is C13H21NO5. The molecule has 2 bridgehead atoms. The van der Waals surface area contributed by atoms with Crippen LogP contribution >= 0.6 is 0 Å². The largest absolute Gasteiger partial charge is 0.481 e. The molecule has 6 nitrogen and oxygen atoms in total. The van der Waals surface area contributed by atoms with E-state index in [4.69, 9.17) is 4.74 Å². The zero-order valence-electron chi connectivity index (χ0n) is 11.5. The average Bonchev–Trinajstić information content (AvgIpc) is 2.51. The summed E-state index contributed by atoms with van der Waals surface area (Å²) in [5.74, 6) is -1.96. The minimum absolute atomic E-state index is 0.106. The monoisotopic (exact) mass is 271 g/mol. The number of aliphatic hydroxyl groups is 1. The number of piperidine rings is 1. The van der Waals surface area contributed by atoms with Crippen LogP contribution in [0.3, 0.4) is 0 Å². The molecular weight excluding hydrogens is 250 g/mol. The van der Waals surface area contributed by atoms with E-state index in [1.807, 2.05) is 0 Å². The van der Waals surface area contributed by atoms with E-state index in [0.29, 0.717) is 12.8 Å². The molecule has 0 saturated carbocycles. The second kappa shape index (κ2) is 4.67. The number of nitrogens with zero attached hydrogens (tertiary/aromatic N) is 1. The Balaban J connectivity index is 2.18. The van der Waals surface area contributed by atoms with E-state index in [2.05, 4.69) is 0 Å². The number of carbonyl (C=O) groups excluding carboxylic acids is 1. The Labute approximate surface area is 112 Å². The van der Waals surface area contributed by atoms with Crippen molar-refractivity contribution < 1.29 is 24.5 Å². The van der Waals surface area contributed by atoms with Gasteiger partial charge in [0.2, 0.25) is 0 Å². The van der Waals surface area contributed by atoms with Crippen LogP contribution in [0.2, 0.25) is 0 Å². The van der Waals surface area contributed by atoms with Gasteiger partial charge >= 0.3 is 12.1 Å². The summed E-state index contributed by atoms with van der Waals surface area (Å²) in [6, 6.07) is -0.563. The Bertz CT molecular complexity index is 389. The molecule has 2 N–H and O–H groups in total. The van der Waals surface area contributed by atoms with Crippen LogP contribution in [0.15, 0.2) is 0 Å². The molecule has 0 unspecified atom stereocenters. The van der Waals surface area contributed by atoms with Crippen molar-refractivity contribution in [1.29, 1.82) is 0 Å². The van der Waals surface area contributed by atoms with E-state index < -0.39 is 35.7 Å². The van der Waals surface area contributed by atoms with E-state index in [1.54, 1.807) is 20.8 Å². The maximum Gasteiger partial charge on any atom is 0.410 e. The van der Waals surface area contributed by atoms with Gasteiger partial charge in [0.25, 0.3) is 0 Å². The number of aliphatic carboxylic acids is 1. The van der Waals surface area contributed by atoms with Gasteiger partial charge in [-0.3, -0.25) is 4.79 Å². The normalized spacial score (nSPS) is 34.2. The number of rotatable bonds is 1. The number of carboxylic acid groups (broad SMARTS) is 1. The third-order valence-corrected chi connectivity index (χ3v) is 3.78. The number of fused-ring (bicyclic) bond motifs is 2. The van der Waals surface area contributed by atoms with Gasteiger partial charge < -0.3 is 19.8 Å². The van der Waals surface area contributed by atoms with Crippen molar-refractivity contribution >= 4 is 12.1 Å². The standard InChI is InChI=1S/C13H21NO5/c1-13(2,3)19-12(18)14-7-4-5-8(14)10(11(16)17)9(15)6-7/h7-10,15H,4-6H2,1-3H3,(H,16,17)/t7-,8+,9+,10-/m0/s1. The van der Waals surface area contributed by atoms with Crippen molar-refractivity contribution in [2.75, 3.05) is 0 Å². The maximum atomic E-state index is 12.2. The fourth-order valence-electron chi connectivity index (χ4n) is 3.11. The number of carbonyl (C=O) groups is 2. The molecule has 0 aromatic heterocycles. The Hall–Kier alpha value is -1.30.